The lowest BCUT2D eigenvalue weighted by Gasteiger charge is -2.11. The third-order valence-corrected chi connectivity index (χ3v) is 6.04. The zero-order valence-corrected chi connectivity index (χ0v) is 14.4. The van der Waals surface area contributed by atoms with Gasteiger partial charge < -0.3 is 0 Å². The molecule has 10 heteroatoms. The van der Waals surface area contributed by atoms with Crippen molar-refractivity contribution < 1.29 is 13.3 Å². The van der Waals surface area contributed by atoms with E-state index in [-0.39, 0.29) is 21.2 Å². The first-order valence-electron chi connectivity index (χ1n) is 6.60. The monoisotopic (exact) mass is 365 g/mol. The Morgan fingerprint density at radius 1 is 1.17 bits per heavy atom. The van der Waals surface area contributed by atoms with Crippen molar-refractivity contribution in [1.82, 2.24) is 4.31 Å². The molecular weight excluding hydrogens is 352 g/mol. The summed E-state index contributed by atoms with van der Waals surface area (Å²) in [7, 11) is -1.07. The van der Waals surface area contributed by atoms with Crippen molar-refractivity contribution in [1.29, 1.82) is 5.39 Å². The smallest absolute Gasteiger partial charge is 0.258 e. The highest BCUT2D eigenvalue weighted by Gasteiger charge is 2.25. The highest BCUT2D eigenvalue weighted by atomic mass is 32.2. The van der Waals surface area contributed by atoms with Crippen LogP contribution < -0.4 is 0 Å². The van der Waals surface area contributed by atoms with Crippen LogP contribution in [-0.4, -0.2) is 31.7 Å². The van der Waals surface area contributed by atoms with E-state index in [2.05, 4.69) is 4.98 Å². The van der Waals surface area contributed by atoms with Gasteiger partial charge in [-0.2, -0.15) is 0 Å². The van der Waals surface area contributed by atoms with Crippen molar-refractivity contribution in [2.45, 2.75) is 14.7 Å². The molecule has 2 rings (SSSR count). The van der Waals surface area contributed by atoms with Gasteiger partial charge in [0, 0.05) is 26.2 Å². The molecule has 0 aliphatic rings. The number of hydrogen-bond donors (Lipinski definition) is 0. The SMILES string of the molecule is CN(C)S(=O)(=O)c1ccc(Sc2ccccc2[N+]#N)c([N+](=O)[O-])c1. The van der Waals surface area contributed by atoms with E-state index >= 15 is 0 Å². The molecule has 0 bridgehead atoms. The largest absolute Gasteiger partial charge is 0.398 e. The third kappa shape index (κ3) is 3.53. The summed E-state index contributed by atoms with van der Waals surface area (Å²) in [5.74, 6) is 0. The Morgan fingerprint density at radius 3 is 2.42 bits per heavy atom. The lowest BCUT2D eigenvalue weighted by Crippen LogP contribution is -2.22. The minimum atomic E-state index is -3.77. The van der Waals surface area contributed by atoms with E-state index < -0.39 is 14.9 Å². The number of benzene rings is 2. The van der Waals surface area contributed by atoms with E-state index in [9.17, 15) is 18.5 Å². The number of nitro benzene ring substituents is 1. The van der Waals surface area contributed by atoms with Crippen LogP contribution in [0.5, 0.6) is 0 Å². The highest BCUT2D eigenvalue weighted by molar-refractivity contribution is 7.99. The van der Waals surface area contributed by atoms with Crippen LogP contribution in [0.15, 0.2) is 57.2 Å². The van der Waals surface area contributed by atoms with Crippen molar-refractivity contribution in [3.8, 4) is 0 Å². The van der Waals surface area contributed by atoms with Gasteiger partial charge in [0.25, 0.3) is 5.69 Å². The van der Waals surface area contributed by atoms with Gasteiger partial charge in [-0.1, -0.05) is 23.9 Å². The summed E-state index contributed by atoms with van der Waals surface area (Å²) in [4.78, 5) is 14.4. The number of hydrogen-bond acceptors (Lipinski definition) is 6. The van der Waals surface area contributed by atoms with E-state index in [1.807, 2.05) is 0 Å². The van der Waals surface area contributed by atoms with Gasteiger partial charge in [0.2, 0.25) is 15.4 Å². The Morgan fingerprint density at radius 2 is 1.83 bits per heavy atom. The minimum absolute atomic E-state index is 0.163. The van der Waals surface area contributed by atoms with E-state index in [0.29, 0.717) is 4.90 Å². The molecular formula is C14H13N4O4S2+. The topological polar surface area (TPSA) is 109 Å². The van der Waals surface area contributed by atoms with Crippen LogP contribution in [0.25, 0.3) is 4.98 Å². The molecule has 2 aromatic rings. The Hall–Kier alpha value is -2.48. The van der Waals surface area contributed by atoms with Crippen molar-refractivity contribution in [2.75, 3.05) is 14.1 Å². The van der Waals surface area contributed by atoms with Crippen molar-refractivity contribution in [3.63, 3.8) is 0 Å². The van der Waals surface area contributed by atoms with Crippen LogP contribution >= 0.6 is 11.8 Å². The van der Waals surface area contributed by atoms with E-state index in [0.717, 1.165) is 22.1 Å². The molecule has 124 valence electrons. The number of nitro groups is 1. The van der Waals surface area contributed by atoms with Crippen molar-refractivity contribution in [2.24, 2.45) is 0 Å². The Labute approximate surface area is 142 Å². The van der Waals surface area contributed by atoms with Gasteiger partial charge in [-0.15, -0.1) is 0 Å². The summed E-state index contributed by atoms with van der Waals surface area (Å²) < 4.78 is 25.2. The van der Waals surface area contributed by atoms with E-state index in [1.165, 1.54) is 26.2 Å². The van der Waals surface area contributed by atoms with E-state index in [1.54, 1.807) is 24.3 Å². The zero-order valence-electron chi connectivity index (χ0n) is 12.8. The van der Waals surface area contributed by atoms with Gasteiger partial charge in [-0.3, -0.25) is 10.1 Å². The molecule has 2 aromatic carbocycles. The lowest BCUT2D eigenvalue weighted by molar-refractivity contribution is -0.388. The quantitative estimate of drug-likeness (QED) is 0.456. The van der Waals surface area contributed by atoms with Crippen LogP contribution in [0.3, 0.4) is 0 Å². The molecule has 0 aliphatic heterocycles. The summed E-state index contributed by atoms with van der Waals surface area (Å²) >= 11 is 1.02. The molecule has 0 heterocycles. The van der Waals surface area contributed by atoms with Gasteiger partial charge in [-0.05, 0) is 18.2 Å². The second-order valence-electron chi connectivity index (χ2n) is 4.84. The molecule has 0 aromatic heterocycles. The molecule has 0 atom stereocenters. The first-order valence-corrected chi connectivity index (χ1v) is 8.86. The molecule has 0 aliphatic carbocycles. The summed E-state index contributed by atoms with van der Waals surface area (Å²) in [6.45, 7) is 0. The molecule has 0 fully saturated rings. The molecule has 0 saturated carbocycles. The second-order valence-corrected chi connectivity index (χ2v) is 8.08. The summed E-state index contributed by atoms with van der Waals surface area (Å²) in [5, 5.41) is 20.3. The van der Waals surface area contributed by atoms with Crippen LogP contribution in [0.2, 0.25) is 0 Å². The van der Waals surface area contributed by atoms with Gasteiger partial charge >= 0.3 is 5.69 Å². The Bertz CT molecular complexity index is 936. The predicted molar refractivity (Wildman–Crippen MR) is 89.3 cm³/mol. The fourth-order valence-electron chi connectivity index (χ4n) is 1.84. The maximum atomic E-state index is 12.1. The normalized spacial score (nSPS) is 11.2. The first kappa shape index (κ1) is 17.9. The maximum Gasteiger partial charge on any atom is 0.398 e. The molecule has 8 nitrogen and oxygen atoms in total. The molecule has 0 saturated heterocycles. The average molecular weight is 365 g/mol. The zero-order chi connectivity index (χ0) is 17.9. The Balaban J connectivity index is 2.53. The van der Waals surface area contributed by atoms with Crippen LogP contribution in [0.1, 0.15) is 0 Å². The number of rotatable bonds is 5. The van der Waals surface area contributed by atoms with Gasteiger partial charge in [0.1, 0.15) is 4.90 Å². The van der Waals surface area contributed by atoms with Gasteiger partial charge in [0.15, 0.2) is 4.98 Å². The molecule has 0 N–H and O–H groups in total. The summed E-state index contributed by atoms with van der Waals surface area (Å²) in [6, 6.07) is 10.3. The van der Waals surface area contributed by atoms with E-state index in [4.69, 9.17) is 5.39 Å². The van der Waals surface area contributed by atoms with Crippen LogP contribution in [0, 0.1) is 15.5 Å². The standard InChI is InChI=1S/C14H13N4O4S2/c1-17(2)24(21,22)10-7-8-14(12(9-10)18(19)20)23-13-6-4-3-5-11(13)16-15/h3-9H,1-2H3/q+1. The predicted octanol–water partition coefficient (Wildman–Crippen LogP) is 3.48. The highest BCUT2D eigenvalue weighted by Crippen LogP contribution is 2.40. The molecule has 0 spiro atoms. The number of sulfonamides is 1. The molecule has 0 radical (unpaired) electrons. The molecule has 24 heavy (non-hydrogen) atoms. The minimum Gasteiger partial charge on any atom is -0.258 e. The fourth-order valence-corrected chi connectivity index (χ4v) is 3.74. The third-order valence-electron chi connectivity index (χ3n) is 3.10. The molecule has 0 unspecified atom stereocenters. The fraction of sp³-hybridized carbons (Fsp3) is 0.143. The van der Waals surface area contributed by atoms with Crippen LogP contribution in [0.4, 0.5) is 11.4 Å². The average Bonchev–Trinajstić information content (AvgIpc) is 2.55. The van der Waals surface area contributed by atoms with Crippen molar-refractivity contribution in [3.05, 3.63) is 57.6 Å². The Kier molecular flexibility index (Phi) is 5.18. The van der Waals surface area contributed by atoms with Gasteiger partial charge in [0.05, 0.1) is 14.7 Å². The first-order chi connectivity index (χ1) is 11.3. The maximum absolute atomic E-state index is 12.1. The van der Waals surface area contributed by atoms with Crippen LogP contribution in [-0.2, 0) is 10.0 Å². The molecule has 0 amide bonds. The summed E-state index contributed by atoms with van der Waals surface area (Å²) in [5.41, 5.74) is -0.0718. The summed E-state index contributed by atoms with van der Waals surface area (Å²) in [6.07, 6.45) is 0. The second kappa shape index (κ2) is 6.96. The number of diazo groups is 1. The lowest BCUT2D eigenvalue weighted by atomic mass is 10.3. The van der Waals surface area contributed by atoms with Crippen molar-refractivity contribution >= 4 is 33.2 Å². The van der Waals surface area contributed by atoms with Gasteiger partial charge in [-0.25, -0.2) is 12.7 Å². The number of nitrogens with zero attached hydrogens (tertiary/aromatic N) is 4.